The minimum absolute atomic E-state index is 0.863. The van der Waals surface area contributed by atoms with Crippen molar-refractivity contribution in [1.82, 2.24) is 19.1 Å². The molecule has 0 saturated carbocycles. The lowest BCUT2D eigenvalue weighted by Crippen LogP contribution is -2.02. The summed E-state index contributed by atoms with van der Waals surface area (Å²) in [7, 11) is 0. The van der Waals surface area contributed by atoms with E-state index in [0.717, 1.165) is 44.7 Å². The molecule has 0 N–H and O–H groups in total. The standard InChI is InChI=1S/C54H32N4/c1-2-14-35(15-3-1)57-49-24-12-8-19-41(49)44-30-33(26-29-51(44)57)36-27-28-37(39-17-5-4-16-38(36)39)34-31-45-40-18-6-7-21-43(40)52-54(56-48-23-11-10-22-47(48)55-52)58-50-25-13-9-20-42(50)46(32-34)53(45)58/h1-32H. The van der Waals surface area contributed by atoms with Crippen LogP contribution < -0.4 is 0 Å². The lowest BCUT2D eigenvalue weighted by Gasteiger charge is -2.15. The maximum absolute atomic E-state index is 5.33. The molecule has 9 aromatic carbocycles. The number of fused-ring (bicyclic) bond motifs is 13. The largest absolute Gasteiger partial charge is 0.309 e. The zero-order valence-corrected chi connectivity index (χ0v) is 31.3. The van der Waals surface area contributed by atoms with Crippen LogP contribution in [-0.2, 0) is 0 Å². The van der Waals surface area contributed by atoms with Gasteiger partial charge in [-0.2, -0.15) is 0 Å². The van der Waals surface area contributed by atoms with Gasteiger partial charge in [0.15, 0.2) is 5.82 Å². The van der Waals surface area contributed by atoms with Crippen molar-refractivity contribution in [1.29, 1.82) is 0 Å². The highest BCUT2D eigenvalue weighted by Crippen LogP contribution is 2.48. The smallest absolute Gasteiger partial charge is 0.165 e. The monoisotopic (exact) mass is 736 g/mol. The Labute approximate surface area is 333 Å². The van der Waals surface area contributed by atoms with Crippen molar-refractivity contribution in [2.45, 2.75) is 0 Å². The number of aromatic nitrogens is 4. The fourth-order valence-corrected chi connectivity index (χ4v) is 9.73. The highest BCUT2D eigenvalue weighted by molar-refractivity contribution is 6.19. The number of hydrogen-bond acceptors (Lipinski definition) is 2. The van der Waals surface area contributed by atoms with Crippen LogP contribution in [0.3, 0.4) is 0 Å². The van der Waals surface area contributed by atoms with Gasteiger partial charge in [-0.1, -0.05) is 133 Å². The molecule has 12 aromatic rings. The first kappa shape index (κ1) is 31.4. The predicted octanol–water partition coefficient (Wildman–Crippen LogP) is 14.0. The van der Waals surface area contributed by atoms with Crippen LogP contribution in [0.2, 0.25) is 0 Å². The minimum atomic E-state index is 0.863. The van der Waals surface area contributed by atoms with E-state index >= 15 is 0 Å². The summed E-state index contributed by atoms with van der Waals surface area (Å²) in [5.74, 6) is 0.863. The van der Waals surface area contributed by atoms with Gasteiger partial charge in [-0.15, -0.1) is 0 Å². The molecule has 4 heterocycles. The Morgan fingerprint density at radius 1 is 0.310 bits per heavy atom. The van der Waals surface area contributed by atoms with E-state index in [1.807, 2.05) is 12.1 Å². The number of hydrogen-bond donors (Lipinski definition) is 0. The van der Waals surface area contributed by atoms with Gasteiger partial charge in [0.25, 0.3) is 0 Å². The predicted molar refractivity (Wildman–Crippen MR) is 241 cm³/mol. The molecule has 0 atom stereocenters. The fourth-order valence-electron chi connectivity index (χ4n) is 9.73. The zero-order chi connectivity index (χ0) is 37.9. The quantitative estimate of drug-likeness (QED) is 0.181. The summed E-state index contributed by atoms with van der Waals surface area (Å²) in [5, 5.41) is 7.36. The molecule has 0 saturated heterocycles. The summed E-state index contributed by atoms with van der Waals surface area (Å²) in [6.07, 6.45) is 0. The van der Waals surface area contributed by atoms with Gasteiger partial charge in [0.1, 0.15) is 5.69 Å². The summed E-state index contributed by atoms with van der Waals surface area (Å²) in [6.45, 7) is 0. The number of benzene rings is 9. The Hall–Kier alpha value is -7.82. The third kappa shape index (κ3) is 4.34. The molecule has 1 aliphatic rings. The lowest BCUT2D eigenvalue weighted by molar-refractivity contribution is 1.09. The molecule has 0 amide bonds. The SMILES string of the molecule is c1ccc(-n2c3ccccc3c3cc(-c4ccc(-c5cc6c7c(c5)c5ccccc5n7-c5nc7ccccc7nc5-c5ccccc5-6)c5ccccc45)ccc32)cc1. The Balaban J connectivity index is 1.05. The van der Waals surface area contributed by atoms with Crippen LogP contribution in [-0.4, -0.2) is 19.1 Å². The summed E-state index contributed by atoms with van der Waals surface area (Å²) in [5.41, 5.74) is 16.8. The Morgan fingerprint density at radius 2 is 0.862 bits per heavy atom. The highest BCUT2D eigenvalue weighted by atomic mass is 15.1. The van der Waals surface area contributed by atoms with Crippen molar-refractivity contribution >= 4 is 65.4 Å². The van der Waals surface area contributed by atoms with E-state index in [2.05, 4.69) is 191 Å². The zero-order valence-electron chi connectivity index (χ0n) is 31.3. The summed E-state index contributed by atoms with van der Waals surface area (Å²) < 4.78 is 4.73. The van der Waals surface area contributed by atoms with Crippen molar-refractivity contribution < 1.29 is 0 Å². The molecule has 3 aromatic heterocycles. The normalized spacial score (nSPS) is 12.1. The molecule has 4 nitrogen and oxygen atoms in total. The van der Waals surface area contributed by atoms with E-state index in [1.54, 1.807) is 0 Å². The van der Waals surface area contributed by atoms with E-state index in [9.17, 15) is 0 Å². The van der Waals surface area contributed by atoms with Crippen molar-refractivity contribution in [2.75, 3.05) is 0 Å². The minimum Gasteiger partial charge on any atom is -0.309 e. The average Bonchev–Trinajstić information content (AvgIpc) is 3.77. The summed E-state index contributed by atoms with van der Waals surface area (Å²) >= 11 is 0. The molecule has 4 heteroatoms. The van der Waals surface area contributed by atoms with Crippen LogP contribution in [0.1, 0.15) is 0 Å². The van der Waals surface area contributed by atoms with Gasteiger partial charge in [0.05, 0.1) is 33.1 Å². The summed E-state index contributed by atoms with van der Waals surface area (Å²) in [4.78, 5) is 10.6. The van der Waals surface area contributed by atoms with Crippen molar-refractivity contribution in [3.8, 4) is 56.1 Å². The molecule has 268 valence electrons. The second kappa shape index (κ2) is 11.8. The Bertz CT molecular complexity index is 3680. The van der Waals surface area contributed by atoms with E-state index in [0.29, 0.717) is 0 Å². The summed E-state index contributed by atoms with van der Waals surface area (Å²) in [6, 6.07) is 70.3. The molecular weight excluding hydrogens is 705 g/mol. The molecule has 0 aliphatic carbocycles. The van der Waals surface area contributed by atoms with Gasteiger partial charge >= 0.3 is 0 Å². The van der Waals surface area contributed by atoms with E-state index in [4.69, 9.17) is 9.97 Å². The molecule has 0 bridgehead atoms. The van der Waals surface area contributed by atoms with Crippen molar-refractivity contribution in [3.05, 3.63) is 194 Å². The first-order chi connectivity index (χ1) is 28.8. The van der Waals surface area contributed by atoms with Crippen LogP contribution in [0.4, 0.5) is 0 Å². The molecule has 1 aliphatic heterocycles. The molecule has 58 heavy (non-hydrogen) atoms. The second-order valence-electron chi connectivity index (χ2n) is 15.3. The van der Waals surface area contributed by atoms with Gasteiger partial charge in [0, 0.05) is 38.4 Å². The number of rotatable bonds is 3. The molecule has 0 fully saturated rings. The Morgan fingerprint density at radius 3 is 1.62 bits per heavy atom. The van der Waals surface area contributed by atoms with Crippen LogP contribution in [0.25, 0.3) is 122 Å². The van der Waals surface area contributed by atoms with Gasteiger partial charge in [0.2, 0.25) is 0 Å². The van der Waals surface area contributed by atoms with E-state index < -0.39 is 0 Å². The van der Waals surface area contributed by atoms with Gasteiger partial charge in [-0.3, -0.25) is 4.57 Å². The topological polar surface area (TPSA) is 35.6 Å². The average molecular weight is 737 g/mol. The van der Waals surface area contributed by atoms with Gasteiger partial charge < -0.3 is 4.57 Å². The van der Waals surface area contributed by atoms with Crippen LogP contribution in [0.5, 0.6) is 0 Å². The van der Waals surface area contributed by atoms with Crippen molar-refractivity contribution in [2.24, 2.45) is 0 Å². The number of para-hydroxylation sites is 5. The third-order valence-electron chi connectivity index (χ3n) is 12.2. The van der Waals surface area contributed by atoms with Crippen molar-refractivity contribution in [3.63, 3.8) is 0 Å². The molecule has 13 rings (SSSR count). The highest BCUT2D eigenvalue weighted by Gasteiger charge is 2.28. The molecule has 0 radical (unpaired) electrons. The molecule has 0 spiro atoms. The number of nitrogens with zero attached hydrogens (tertiary/aromatic N) is 4. The first-order valence-corrected chi connectivity index (χ1v) is 19.8. The van der Waals surface area contributed by atoms with Crippen LogP contribution in [0.15, 0.2) is 194 Å². The lowest BCUT2D eigenvalue weighted by atomic mass is 9.89. The molecular formula is C54H32N4. The fraction of sp³-hybridized carbons (Fsp3) is 0. The van der Waals surface area contributed by atoms with Crippen LogP contribution >= 0.6 is 0 Å². The Kier molecular flexibility index (Phi) is 6.41. The first-order valence-electron chi connectivity index (χ1n) is 19.8. The van der Waals surface area contributed by atoms with Gasteiger partial charge in [-0.05, 0) is 99.3 Å². The van der Waals surface area contributed by atoms with E-state index in [-0.39, 0.29) is 0 Å². The maximum Gasteiger partial charge on any atom is 0.165 e. The molecule has 0 unspecified atom stereocenters. The van der Waals surface area contributed by atoms with Gasteiger partial charge in [-0.25, -0.2) is 9.97 Å². The second-order valence-corrected chi connectivity index (χ2v) is 15.3. The van der Waals surface area contributed by atoms with Crippen LogP contribution in [0, 0.1) is 0 Å². The van der Waals surface area contributed by atoms with E-state index in [1.165, 1.54) is 76.9 Å². The third-order valence-corrected chi connectivity index (χ3v) is 12.2. The maximum atomic E-state index is 5.33.